The van der Waals surface area contributed by atoms with Crippen LogP contribution in [0.5, 0.6) is 34.6 Å². The van der Waals surface area contributed by atoms with Gasteiger partial charge in [-0.05, 0) is 46.8 Å². The number of nitrogens with one attached hydrogen (secondary N) is 2. The predicted octanol–water partition coefficient (Wildman–Crippen LogP) is 2.71. The number of rotatable bonds is 13. The Morgan fingerprint density at radius 2 is 1.66 bits per heavy atom. The van der Waals surface area contributed by atoms with E-state index in [9.17, 15) is 13.5 Å². The Balaban J connectivity index is 1.67. The highest BCUT2D eigenvalue weighted by Gasteiger charge is 2.26. The van der Waals surface area contributed by atoms with Crippen LogP contribution in [0.15, 0.2) is 65.7 Å². The van der Waals surface area contributed by atoms with Gasteiger partial charge in [-0.3, -0.25) is 9.71 Å². The van der Waals surface area contributed by atoms with E-state index in [4.69, 9.17) is 23.7 Å². The number of aromatic amines is 1. The molecule has 0 saturated carbocycles. The van der Waals surface area contributed by atoms with Crippen molar-refractivity contribution >= 4 is 15.8 Å². The van der Waals surface area contributed by atoms with Gasteiger partial charge in [0, 0.05) is 17.8 Å². The van der Waals surface area contributed by atoms with E-state index < -0.39 is 10.0 Å². The molecule has 3 aromatic heterocycles. The third kappa shape index (κ3) is 6.42. The van der Waals surface area contributed by atoms with Gasteiger partial charge in [0.05, 0.1) is 32.8 Å². The molecule has 0 fully saturated rings. The SMILES string of the molecule is COc1ccc(S(=O)(=O)Nc2nc(-c3ccnc(-c4nnn[nH]4)c3)nc(OCCO)c2Oc2ccccc2OC)cc1OC. The molecule has 44 heavy (non-hydrogen) atoms. The first kappa shape index (κ1) is 29.9. The zero-order valence-corrected chi connectivity index (χ0v) is 24.4. The summed E-state index contributed by atoms with van der Waals surface area (Å²) in [4.78, 5) is 13.1. The molecule has 5 rings (SSSR count). The molecule has 0 bridgehead atoms. The summed E-state index contributed by atoms with van der Waals surface area (Å²) in [5.74, 6) is 0.787. The van der Waals surface area contributed by atoms with E-state index in [2.05, 4.69) is 40.3 Å². The lowest BCUT2D eigenvalue weighted by Crippen LogP contribution is -2.16. The van der Waals surface area contributed by atoms with Gasteiger partial charge in [0.2, 0.25) is 5.75 Å². The van der Waals surface area contributed by atoms with Crippen LogP contribution < -0.4 is 28.4 Å². The fourth-order valence-corrected chi connectivity index (χ4v) is 4.93. The van der Waals surface area contributed by atoms with Crippen LogP contribution in [0.4, 0.5) is 5.82 Å². The molecule has 16 nitrogen and oxygen atoms in total. The molecule has 0 radical (unpaired) electrons. The van der Waals surface area contributed by atoms with E-state index in [1.807, 2.05) is 0 Å². The number of aliphatic hydroxyl groups is 1. The van der Waals surface area contributed by atoms with Crippen LogP contribution in [0.2, 0.25) is 0 Å². The lowest BCUT2D eigenvalue weighted by atomic mass is 10.2. The zero-order valence-electron chi connectivity index (χ0n) is 23.6. The quantitative estimate of drug-likeness (QED) is 0.173. The van der Waals surface area contributed by atoms with Crippen LogP contribution in [0.3, 0.4) is 0 Å². The molecule has 17 heteroatoms. The van der Waals surface area contributed by atoms with Crippen molar-refractivity contribution in [1.82, 2.24) is 35.6 Å². The number of tetrazole rings is 1. The molecule has 0 aliphatic rings. The number of H-pyrrole nitrogens is 1. The second kappa shape index (κ2) is 13.2. The maximum absolute atomic E-state index is 13.7. The summed E-state index contributed by atoms with van der Waals surface area (Å²) in [6.07, 6.45) is 1.48. The Morgan fingerprint density at radius 3 is 2.36 bits per heavy atom. The van der Waals surface area contributed by atoms with E-state index in [0.717, 1.165) is 0 Å². The molecule has 0 aliphatic heterocycles. The van der Waals surface area contributed by atoms with Gasteiger partial charge in [-0.15, -0.1) is 5.10 Å². The van der Waals surface area contributed by atoms with Gasteiger partial charge in [0.15, 0.2) is 40.5 Å². The summed E-state index contributed by atoms with van der Waals surface area (Å²) in [5, 5.41) is 23.1. The number of pyridine rings is 1. The monoisotopic (exact) mass is 622 g/mol. The number of aliphatic hydroxyl groups excluding tert-OH is 1. The molecule has 3 N–H and O–H groups in total. The van der Waals surface area contributed by atoms with Crippen molar-refractivity contribution in [3.8, 4) is 57.5 Å². The van der Waals surface area contributed by atoms with E-state index >= 15 is 0 Å². The Kier molecular flexibility index (Phi) is 8.96. The minimum atomic E-state index is -4.32. The third-order valence-electron chi connectivity index (χ3n) is 5.95. The summed E-state index contributed by atoms with van der Waals surface area (Å²) in [7, 11) is -0.0369. The zero-order chi connectivity index (χ0) is 31.1. The summed E-state index contributed by atoms with van der Waals surface area (Å²) < 4.78 is 57.7. The normalized spacial score (nSPS) is 11.1. The van der Waals surface area contributed by atoms with Crippen molar-refractivity contribution in [2.45, 2.75) is 4.90 Å². The molecular formula is C27H26N8O8S. The largest absolute Gasteiger partial charge is 0.493 e. The Morgan fingerprint density at radius 1 is 0.909 bits per heavy atom. The van der Waals surface area contributed by atoms with Crippen molar-refractivity contribution in [3.63, 3.8) is 0 Å². The van der Waals surface area contributed by atoms with Gasteiger partial charge in [0.1, 0.15) is 12.3 Å². The number of methoxy groups -OCH3 is 3. The summed E-state index contributed by atoms with van der Waals surface area (Å²) in [6, 6.07) is 14.0. The van der Waals surface area contributed by atoms with Crippen molar-refractivity contribution < 1.29 is 37.2 Å². The van der Waals surface area contributed by atoms with Gasteiger partial charge in [-0.1, -0.05) is 12.1 Å². The lowest BCUT2D eigenvalue weighted by molar-refractivity contribution is 0.192. The molecule has 228 valence electrons. The number of anilines is 1. The molecule has 2 aromatic carbocycles. The van der Waals surface area contributed by atoms with Crippen molar-refractivity contribution in [2.75, 3.05) is 39.3 Å². The minimum absolute atomic E-state index is 0.0338. The topological polar surface area (TPSA) is 206 Å². The standard InChI is InChI=1S/C27H26N8O8S/c1-39-19-6-4-5-7-21(19)43-23-26(33-44(37,38)17-8-9-20(40-2)22(15-17)41-3)29-24(30-27(23)42-13-12-36)16-10-11-28-18(14-16)25-31-34-35-32-25/h4-11,14-15,36H,12-13H2,1-3H3,(H,29,30,33)(H,31,32,34,35). The number of ether oxygens (including phenoxy) is 5. The molecular weight excluding hydrogens is 596 g/mol. The van der Waals surface area contributed by atoms with E-state index in [-0.39, 0.29) is 58.7 Å². The van der Waals surface area contributed by atoms with Crippen LogP contribution in [-0.4, -0.2) is 83.6 Å². The molecule has 0 atom stereocenters. The first-order chi connectivity index (χ1) is 21.4. The van der Waals surface area contributed by atoms with Crippen LogP contribution in [0, 0.1) is 0 Å². The first-order valence-electron chi connectivity index (χ1n) is 12.8. The summed E-state index contributed by atoms with van der Waals surface area (Å²) in [6.45, 7) is -0.552. The van der Waals surface area contributed by atoms with Crippen molar-refractivity contribution in [2.24, 2.45) is 0 Å². The fraction of sp³-hybridized carbons (Fsp3) is 0.185. The number of aromatic nitrogens is 7. The van der Waals surface area contributed by atoms with Crippen LogP contribution in [0.1, 0.15) is 0 Å². The number of sulfonamides is 1. The smallest absolute Gasteiger partial charge is 0.263 e. The number of benzene rings is 2. The average molecular weight is 623 g/mol. The van der Waals surface area contributed by atoms with Crippen molar-refractivity contribution in [1.29, 1.82) is 0 Å². The summed E-state index contributed by atoms with van der Waals surface area (Å²) >= 11 is 0. The van der Waals surface area contributed by atoms with E-state index in [0.29, 0.717) is 22.8 Å². The fourth-order valence-electron chi connectivity index (χ4n) is 3.91. The molecule has 3 heterocycles. The van der Waals surface area contributed by atoms with Gasteiger partial charge < -0.3 is 28.8 Å². The number of hydrogen-bond donors (Lipinski definition) is 3. The maximum Gasteiger partial charge on any atom is 0.263 e. The van der Waals surface area contributed by atoms with Gasteiger partial charge in [-0.25, -0.2) is 18.5 Å². The molecule has 0 spiro atoms. The van der Waals surface area contributed by atoms with Crippen LogP contribution in [-0.2, 0) is 10.0 Å². The maximum atomic E-state index is 13.7. The highest BCUT2D eigenvalue weighted by Crippen LogP contribution is 2.42. The molecule has 0 aliphatic carbocycles. The van der Waals surface area contributed by atoms with Gasteiger partial charge >= 0.3 is 0 Å². The van der Waals surface area contributed by atoms with Crippen LogP contribution >= 0.6 is 0 Å². The summed E-state index contributed by atoms with van der Waals surface area (Å²) in [5.41, 5.74) is 0.784. The second-order valence-electron chi connectivity index (χ2n) is 8.66. The molecule has 5 aromatic rings. The Hall–Kier alpha value is -5.55. The van der Waals surface area contributed by atoms with Crippen LogP contribution in [0.25, 0.3) is 22.9 Å². The van der Waals surface area contributed by atoms with Gasteiger partial charge in [0.25, 0.3) is 15.9 Å². The minimum Gasteiger partial charge on any atom is -0.493 e. The molecule has 0 unspecified atom stereocenters. The molecule has 0 saturated heterocycles. The number of hydrogen-bond acceptors (Lipinski definition) is 14. The van der Waals surface area contributed by atoms with Crippen molar-refractivity contribution in [3.05, 3.63) is 60.8 Å². The highest BCUT2D eigenvalue weighted by atomic mass is 32.2. The number of para-hydroxylation sites is 2. The third-order valence-corrected chi connectivity index (χ3v) is 7.28. The first-order valence-corrected chi connectivity index (χ1v) is 14.3. The Bertz CT molecular complexity index is 1860. The van der Waals surface area contributed by atoms with E-state index in [1.165, 1.54) is 45.7 Å². The predicted molar refractivity (Wildman–Crippen MR) is 154 cm³/mol. The number of nitrogens with zero attached hydrogens (tertiary/aromatic N) is 6. The average Bonchev–Trinajstić information content (AvgIpc) is 3.60. The molecule has 0 amide bonds. The lowest BCUT2D eigenvalue weighted by Gasteiger charge is -2.18. The van der Waals surface area contributed by atoms with Gasteiger partial charge in [-0.2, -0.15) is 4.98 Å². The highest BCUT2D eigenvalue weighted by molar-refractivity contribution is 7.92. The Labute approximate surface area is 251 Å². The van der Waals surface area contributed by atoms with E-state index in [1.54, 1.807) is 36.4 Å². The second-order valence-corrected chi connectivity index (χ2v) is 10.3.